The summed E-state index contributed by atoms with van der Waals surface area (Å²) in [5.74, 6) is 0.713. The Morgan fingerprint density at radius 2 is 1.87 bits per heavy atom. The molecule has 0 bridgehead atoms. The third kappa shape index (κ3) is 3.53. The van der Waals surface area contributed by atoms with Crippen LogP contribution < -0.4 is 15.4 Å². The predicted octanol–water partition coefficient (Wildman–Crippen LogP) is 2.85. The summed E-state index contributed by atoms with van der Waals surface area (Å²) < 4.78 is 42.9. The first-order valence-corrected chi connectivity index (χ1v) is 6.75. The second kappa shape index (κ2) is 5.79. The Bertz CT molecular complexity index is 730. The van der Waals surface area contributed by atoms with Crippen molar-refractivity contribution >= 4 is 17.4 Å². The van der Waals surface area contributed by atoms with Gasteiger partial charge in [-0.3, -0.25) is 4.79 Å². The minimum absolute atomic E-state index is 0.0691. The van der Waals surface area contributed by atoms with Gasteiger partial charge in [0.2, 0.25) is 0 Å². The molecular weight excluding hydrogens is 311 g/mol. The summed E-state index contributed by atoms with van der Waals surface area (Å²) in [5.41, 5.74) is 0.311. The maximum absolute atomic E-state index is 12.5. The van der Waals surface area contributed by atoms with E-state index in [1.807, 2.05) is 0 Å². The first kappa shape index (κ1) is 15.1. The lowest BCUT2D eigenvalue weighted by atomic mass is 10.2. The van der Waals surface area contributed by atoms with Gasteiger partial charge in [-0.25, -0.2) is 4.98 Å². The summed E-state index contributed by atoms with van der Waals surface area (Å²) in [6.07, 6.45) is -4.36. The lowest BCUT2D eigenvalue weighted by molar-refractivity contribution is -0.137. The molecule has 2 aromatic rings. The number of rotatable bonds is 2. The molecule has 0 radical (unpaired) electrons. The quantitative estimate of drug-likeness (QED) is 0.892. The Hall–Kier alpha value is -2.77. The van der Waals surface area contributed by atoms with Crippen molar-refractivity contribution in [2.45, 2.75) is 12.7 Å². The number of pyridine rings is 1. The molecule has 1 aromatic carbocycles. The maximum atomic E-state index is 12.5. The summed E-state index contributed by atoms with van der Waals surface area (Å²) in [4.78, 5) is 15.6. The van der Waals surface area contributed by atoms with Crippen molar-refractivity contribution in [3.8, 4) is 5.75 Å². The molecule has 0 unspecified atom stereocenters. The lowest BCUT2D eigenvalue weighted by Crippen LogP contribution is -2.25. The second-order valence-corrected chi connectivity index (χ2v) is 4.91. The van der Waals surface area contributed by atoms with E-state index in [4.69, 9.17) is 4.74 Å². The number of ether oxygens (including phenoxy) is 1. The molecule has 0 saturated carbocycles. The zero-order valence-corrected chi connectivity index (χ0v) is 11.8. The highest BCUT2D eigenvalue weighted by atomic mass is 19.4. The van der Waals surface area contributed by atoms with Crippen molar-refractivity contribution in [2.24, 2.45) is 0 Å². The number of carbonyl (C=O) groups excluding carboxylic acids is 1. The number of fused-ring (bicyclic) bond motifs is 1. The fraction of sp³-hybridized carbons (Fsp3) is 0.200. The summed E-state index contributed by atoms with van der Waals surface area (Å²) in [6, 6.07) is 7.94. The molecule has 1 aliphatic rings. The zero-order chi connectivity index (χ0) is 16.4. The molecule has 1 aromatic heterocycles. The number of hydrogen-bond acceptors (Lipinski definition) is 4. The first-order chi connectivity index (χ1) is 10.9. The fourth-order valence-electron chi connectivity index (χ4n) is 2.08. The normalized spacial score (nSPS) is 14.3. The summed E-state index contributed by atoms with van der Waals surface area (Å²) in [5, 5.41) is 5.55. The molecule has 0 atom stereocenters. The molecule has 120 valence electrons. The molecule has 2 N–H and O–H groups in total. The molecule has 0 spiro atoms. The molecule has 0 fully saturated rings. The molecule has 3 rings (SSSR count). The summed E-state index contributed by atoms with van der Waals surface area (Å²) in [7, 11) is 0. The Kier molecular flexibility index (Phi) is 3.81. The van der Waals surface area contributed by atoms with Crippen molar-refractivity contribution in [1.29, 1.82) is 0 Å². The zero-order valence-electron chi connectivity index (χ0n) is 11.8. The molecule has 2 heterocycles. The van der Waals surface area contributed by atoms with Gasteiger partial charge in [0.05, 0.1) is 12.1 Å². The van der Waals surface area contributed by atoms with Crippen LogP contribution in [-0.4, -0.2) is 17.5 Å². The van der Waals surface area contributed by atoms with E-state index in [1.165, 1.54) is 12.1 Å². The van der Waals surface area contributed by atoms with E-state index in [0.717, 1.165) is 12.1 Å². The van der Waals surface area contributed by atoms with Gasteiger partial charge in [-0.15, -0.1) is 0 Å². The number of nitrogens with one attached hydrogen (secondary N) is 2. The van der Waals surface area contributed by atoms with Crippen LogP contribution in [0.25, 0.3) is 0 Å². The van der Waals surface area contributed by atoms with Gasteiger partial charge in [0, 0.05) is 5.69 Å². The van der Waals surface area contributed by atoms with E-state index < -0.39 is 11.7 Å². The molecule has 1 amide bonds. The van der Waals surface area contributed by atoms with Crippen molar-refractivity contribution in [1.82, 2.24) is 10.3 Å². The van der Waals surface area contributed by atoms with Crippen LogP contribution in [-0.2, 0) is 17.5 Å². The fourth-order valence-corrected chi connectivity index (χ4v) is 2.08. The number of aromatic nitrogens is 1. The van der Waals surface area contributed by atoms with E-state index in [-0.39, 0.29) is 19.1 Å². The van der Waals surface area contributed by atoms with Crippen molar-refractivity contribution in [3.63, 3.8) is 0 Å². The number of anilines is 2. The third-order valence-corrected chi connectivity index (χ3v) is 3.23. The molecule has 1 aliphatic heterocycles. The number of alkyl halides is 3. The molecule has 8 heteroatoms. The Morgan fingerprint density at radius 1 is 1.13 bits per heavy atom. The van der Waals surface area contributed by atoms with E-state index >= 15 is 0 Å². The smallest absolute Gasteiger partial charge is 0.416 e. The molecule has 0 aliphatic carbocycles. The van der Waals surface area contributed by atoms with Gasteiger partial charge in [0.25, 0.3) is 5.91 Å². The number of hydrogen-bond donors (Lipinski definition) is 2. The third-order valence-electron chi connectivity index (χ3n) is 3.23. The number of benzene rings is 1. The Labute approximate surface area is 129 Å². The highest BCUT2D eigenvalue weighted by molar-refractivity contribution is 5.78. The highest BCUT2D eigenvalue weighted by Crippen LogP contribution is 2.30. The van der Waals surface area contributed by atoms with E-state index in [1.54, 1.807) is 12.1 Å². The van der Waals surface area contributed by atoms with Crippen LogP contribution in [0, 0.1) is 0 Å². The molecular formula is C15H12F3N3O2. The van der Waals surface area contributed by atoms with E-state index in [9.17, 15) is 18.0 Å². The molecule has 5 nitrogen and oxygen atoms in total. The van der Waals surface area contributed by atoms with Crippen LogP contribution in [0.5, 0.6) is 5.75 Å². The second-order valence-electron chi connectivity index (χ2n) is 4.91. The van der Waals surface area contributed by atoms with Gasteiger partial charge in [-0.05, 0) is 36.4 Å². The number of amides is 1. The van der Waals surface area contributed by atoms with Gasteiger partial charge in [-0.2, -0.15) is 13.2 Å². The minimum Gasteiger partial charge on any atom is -0.482 e. The average molecular weight is 323 g/mol. The summed E-state index contributed by atoms with van der Waals surface area (Å²) in [6.45, 7) is 0.164. The van der Waals surface area contributed by atoms with Crippen LogP contribution in [0.2, 0.25) is 0 Å². The van der Waals surface area contributed by atoms with Crippen LogP contribution in [0.1, 0.15) is 11.3 Å². The monoisotopic (exact) mass is 323 g/mol. The van der Waals surface area contributed by atoms with E-state index in [2.05, 4.69) is 15.6 Å². The minimum atomic E-state index is -4.36. The first-order valence-electron chi connectivity index (χ1n) is 6.75. The van der Waals surface area contributed by atoms with Gasteiger partial charge in [0.1, 0.15) is 17.3 Å². The topological polar surface area (TPSA) is 63.2 Å². The van der Waals surface area contributed by atoms with Crippen LogP contribution >= 0.6 is 0 Å². The SMILES string of the molecule is O=C1COc2ccc(Nc3ccc(C(F)(F)F)cc3)nc2CN1. The van der Waals surface area contributed by atoms with Crippen LogP contribution in [0.15, 0.2) is 36.4 Å². The Morgan fingerprint density at radius 3 is 2.57 bits per heavy atom. The maximum Gasteiger partial charge on any atom is 0.416 e. The van der Waals surface area contributed by atoms with Gasteiger partial charge in [0.15, 0.2) is 6.61 Å². The van der Waals surface area contributed by atoms with Gasteiger partial charge in [-0.1, -0.05) is 0 Å². The standard InChI is InChI=1S/C15H12F3N3O2/c16-15(17,18)9-1-3-10(4-2-9)20-13-6-5-12-11(21-13)7-19-14(22)8-23-12/h1-6H,7-8H2,(H,19,22)(H,20,21). The largest absolute Gasteiger partial charge is 0.482 e. The summed E-state index contributed by atoms with van der Waals surface area (Å²) >= 11 is 0. The Balaban J connectivity index is 1.77. The highest BCUT2D eigenvalue weighted by Gasteiger charge is 2.29. The van der Waals surface area contributed by atoms with Gasteiger partial charge >= 0.3 is 6.18 Å². The van der Waals surface area contributed by atoms with Crippen LogP contribution in [0.3, 0.4) is 0 Å². The number of halogens is 3. The molecule has 0 saturated heterocycles. The van der Waals surface area contributed by atoms with Crippen molar-refractivity contribution < 1.29 is 22.7 Å². The number of nitrogens with zero attached hydrogens (tertiary/aromatic N) is 1. The number of carbonyl (C=O) groups is 1. The lowest BCUT2D eigenvalue weighted by Gasteiger charge is -2.11. The van der Waals surface area contributed by atoms with Crippen molar-refractivity contribution in [3.05, 3.63) is 47.7 Å². The van der Waals surface area contributed by atoms with E-state index in [0.29, 0.717) is 22.9 Å². The van der Waals surface area contributed by atoms with Crippen molar-refractivity contribution in [2.75, 3.05) is 11.9 Å². The van der Waals surface area contributed by atoms with Crippen LogP contribution in [0.4, 0.5) is 24.7 Å². The average Bonchev–Trinajstić information content (AvgIpc) is 2.69. The predicted molar refractivity (Wildman–Crippen MR) is 76.3 cm³/mol. The van der Waals surface area contributed by atoms with Gasteiger partial charge < -0.3 is 15.4 Å². The molecule has 23 heavy (non-hydrogen) atoms.